The highest BCUT2D eigenvalue weighted by Gasteiger charge is 2.17. The van der Waals surface area contributed by atoms with Gasteiger partial charge >= 0.3 is 6.03 Å². The molecule has 2 aromatic carbocycles. The lowest BCUT2D eigenvalue weighted by Gasteiger charge is -2.26. The van der Waals surface area contributed by atoms with Gasteiger partial charge in [0.2, 0.25) is 5.91 Å². The molecule has 154 valence electrons. The molecule has 1 aliphatic rings. The minimum absolute atomic E-state index is 0.148. The van der Waals surface area contributed by atoms with Gasteiger partial charge in [-0.15, -0.1) is 0 Å². The van der Waals surface area contributed by atoms with Gasteiger partial charge in [-0.1, -0.05) is 24.3 Å². The normalized spacial score (nSPS) is 13.8. The van der Waals surface area contributed by atoms with Gasteiger partial charge in [-0.25, -0.2) is 9.18 Å². The van der Waals surface area contributed by atoms with Gasteiger partial charge in [0.25, 0.3) is 0 Å². The van der Waals surface area contributed by atoms with Crippen molar-refractivity contribution in [3.8, 4) is 0 Å². The zero-order valence-electron chi connectivity index (χ0n) is 16.6. The van der Waals surface area contributed by atoms with Gasteiger partial charge < -0.3 is 15.1 Å². The van der Waals surface area contributed by atoms with Crippen LogP contribution in [0.25, 0.3) is 0 Å². The quantitative estimate of drug-likeness (QED) is 0.776. The molecule has 0 radical (unpaired) electrons. The van der Waals surface area contributed by atoms with Crippen molar-refractivity contribution in [3.05, 3.63) is 65.5 Å². The van der Waals surface area contributed by atoms with Gasteiger partial charge in [0, 0.05) is 43.4 Å². The van der Waals surface area contributed by atoms with Crippen LogP contribution in [0.15, 0.2) is 48.5 Å². The molecule has 3 rings (SSSR count). The Kier molecular flexibility index (Phi) is 7.52. The Morgan fingerprint density at radius 2 is 1.83 bits per heavy atom. The maximum absolute atomic E-state index is 13.4. The predicted molar refractivity (Wildman–Crippen MR) is 116 cm³/mol. The van der Waals surface area contributed by atoms with E-state index < -0.39 is 0 Å². The lowest BCUT2D eigenvalue weighted by molar-refractivity contribution is -0.130. The Hall–Kier alpha value is -2.54. The number of nitrogens with zero attached hydrogens (tertiary/aromatic N) is 2. The summed E-state index contributed by atoms with van der Waals surface area (Å²) in [4.78, 5) is 28.5. The number of halogens is 1. The highest BCUT2D eigenvalue weighted by Crippen LogP contribution is 2.15. The van der Waals surface area contributed by atoms with Crippen LogP contribution in [0.4, 0.5) is 14.9 Å². The number of hydrogen-bond donors (Lipinski definition) is 1. The molecular formula is C22H26FN3O2S. The van der Waals surface area contributed by atoms with Gasteiger partial charge in [0.1, 0.15) is 5.82 Å². The van der Waals surface area contributed by atoms with Gasteiger partial charge in [-0.05, 0) is 42.3 Å². The van der Waals surface area contributed by atoms with Crippen LogP contribution in [0.3, 0.4) is 0 Å². The van der Waals surface area contributed by atoms with Crippen molar-refractivity contribution in [1.82, 2.24) is 9.80 Å². The van der Waals surface area contributed by atoms with E-state index in [-0.39, 0.29) is 17.8 Å². The van der Waals surface area contributed by atoms with Crippen molar-refractivity contribution in [3.63, 3.8) is 0 Å². The van der Waals surface area contributed by atoms with Crippen molar-refractivity contribution < 1.29 is 14.0 Å². The number of amides is 3. The summed E-state index contributed by atoms with van der Waals surface area (Å²) >= 11 is 1.88. The van der Waals surface area contributed by atoms with E-state index in [1.807, 2.05) is 47.9 Å². The van der Waals surface area contributed by atoms with E-state index in [9.17, 15) is 14.0 Å². The molecule has 0 aliphatic carbocycles. The first kappa shape index (κ1) is 21.2. The molecule has 0 atom stereocenters. The lowest BCUT2D eigenvalue weighted by atomic mass is 10.1. The monoisotopic (exact) mass is 415 g/mol. The second kappa shape index (κ2) is 10.3. The van der Waals surface area contributed by atoms with Crippen molar-refractivity contribution in [2.75, 3.05) is 36.5 Å². The molecule has 5 nitrogen and oxygen atoms in total. The Balaban J connectivity index is 1.55. The number of hydrogen-bond acceptors (Lipinski definition) is 3. The van der Waals surface area contributed by atoms with Crippen LogP contribution >= 0.6 is 11.8 Å². The molecule has 0 aromatic heterocycles. The third kappa shape index (κ3) is 6.22. The zero-order chi connectivity index (χ0) is 20.6. The van der Waals surface area contributed by atoms with E-state index in [2.05, 4.69) is 5.32 Å². The molecule has 0 spiro atoms. The van der Waals surface area contributed by atoms with Crippen LogP contribution < -0.4 is 5.32 Å². The molecule has 0 bridgehead atoms. The number of carbonyl (C=O) groups excluding carboxylic acids is 2. The van der Waals surface area contributed by atoms with Gasteiger partial charge in [-0.3, -0.25) is 4.79 Å². The van der Waals surface area contributed by atoms with Crippen molar-refractivity contribution in [2.24, 2.45) is 0 Å². The average molecular weight is 416 g/mol. The van der Waals surface area contributed by atoms with Crippen molar-refractivity contribution >= 4 is 29.4 Å². The van der Waals surface area contributed by atoms with E-state index in [4.69, 9.17) is 0 Å². The number of benzene rings is 2. The standard InChI is InChI=1S/C22H26FN3O2S/c1-2-25(16-18-4-3-5-19(23)14-18)22(28)24-20-8-6-17(7-9-20)15-21(27)26-10-12-29-13-11-26/h3-9,14H,2,10-13,15-16H2,1H3,(H,24,28). The van der Waals surface area contributed by atoms with E-state index in [1.165, 1.54) is 12.1 Å². The number of nitrogens with one attached hydrogen (secondary N) is 1. The first-order valence-corrected chi connectivity index (χ1v) is 11.0. The Bertz CT molecular complexity index is 838. The lowest BCUT2D eigenvalue weighted by Crippen LogP contribution is -2.38. The first-order valence-electron chi connectivity index (χ1n) is 9.80. The summed E-state index contributed by atoms with van der Waals surface area (Å²) in [6, 6.07) is 13.4. The highest BCUT2D eigenvalue weighted by atomic mass is 32.2. The second-order valence-corrected chi connectivity index (χ2v) is 8.17. The molecule has 7 heteroatoms. The summed E-state index contributed by atoms with van der Waals surface area (Å²) in [7, 11) is 0. The predicted octanol–water partition coefficient (Wildman–Crippen LogP) is 4.00. The molecule has 1 heterocycles. The smallest absolute Gasteiger partial charge is 0.322 e. The molecule has 0 unspecified atom stereocenters. The summed E-state index contributed by atoms with van der Waals surface area (Å²) in [6.07, 6.45) is 0.375. The third-order valence-electron chi connectivity index (χ3n) is 4.86. The number of urea groups is 1. The number of rotatable bonds is 6. The van der Waals surface area contributed by atoms with Crippen LogP contribution in [0, 0.1) is 5.82 Å². The van der Waals surface area contributed by atoms with Gasteiger partial charge in [0.05, 0.1) is 6.42 Å². The zero-order valence-corrected chi connectivity index (χ0v) is 17.4. The summed E-state index contributed by atoms with van der Waals surface area (Å²) in [5.41, 5.74) is 2.34. The topological polar surface area (TPSA) is 52.7 Å². The second-order valence-electron chi connectivity index (χ2n) is 6.94. The fourth-order valence-corrected chi connectivity index (χ4v) is 4.09. The highest BCUT2D eigenvalue weighted by molar-refractivity contribution is 7.99. The Labute approximate surface area is 175 Å². The SMILES string of the molecule is CCN(Cc1cccc(F)c1)C(=O)Nc1ccc(CC(=O)N2CCSCC2)cc1. The number of anilines is 1. The minimum Gasteiger partial charge on any atom is -0.341 e. The largest absolute Gasteiger partial charge is 0.341 e. The fraction of sp³-hybridized carbons (Fsp3) is 0.364. The maximum atomic E-state index is 13.4. The van der Waals surface area contributed by atoms with E-state index in [0.29, 0.717) is 25.2 Å². The number of thioether (sulfide) groups is 1. The van der Waals surface area contributed by atoms with Crippen LogP contribution in [0.1, 0.15) is 18.1 Å². The van der Waals surface area contributed by atoms with Crippen molar-refractivity contribution in [2.45, 2.75) is 19.9 Å². The van der Waals surface area contributed by atoms with Crippen molar-refractivity contribution in [1.29, 1.82) is 0 Å². The molecule has 0 saturated carbocycles. The molecule has 1 fully saturated rings. The summed E-state index contributed by atoms with van der Waals surface area (Å²) in [6.45, 7) is 4.35. The van der Waals surface area contributed by atoms with Gasteiger partial charge in [-0.2, -0.15) is 11.8 Å². The summed E-state index contributed by atoms with van der Waals surface area (Å²) in [5.74, 6) is 1.84. The third-order valence-corrected chi connectivity index (χ3v) is 5.80. The van der Waals surface area contributed by atoms with E-state index >= 15 is 0 Å². The Morgan fingerprint density at radius 3 is 2.48 bits per heavy atom. The van der Waals surface area contributed by atoms with Gasteiger partial charge in [0.15, 0.2) is 0 Å². The van der Waals surface area contributed by atoms with E-state index in [1.54, 1.807) is 17.0 Å². The van der Waals surface area contributed by atoms with Crippen LogP contribution in [-0.2, 0) is 17.8 Å². The summed E-state index contributed by atoms with van der Waals surface area (Å²) < 4.78 is 13.4. The number of carbonyl (C=O) groups is 2. The molecule has 29 heavy (non-hydrogen) atoms. The molecule has 3 amide bonds. The summed E-state index contributed by atoms with van der Waals surface area (Å²) in [5, 5.41) is 2.87. The van der Waals surface area contributed by atoms with Crippen LogP contribution in [0.5, 0.6) is 0 Å². The molecule has 1 N–H and O–H groups in total. The molecular weight excluding hydrogens is 389 g/mol. The average Bonchev–Trinajstić information content (AvgIpc) is 2.74. The first-order chi connectivity index (χ1) is 14.0. The van der Waals surface area contributed by atoms with Crippen LogP contribution in [0.2, 0.25) is 0 Å². The van der Waals surface area contributed by atoms with E-state index in [0.717, 1.165) is 35.7 Å². The van der Waals surface area contributed by atoms with Crippen LogP contribution in [-0.4, -0.2) is 52.9 Å². The maximum Gasteiger partial charge on any atom is 0.322 e. The molecule has 1 saturated heterocycles. The fourth-order valence-electron chi connectivity index (χ4n) is 3.19. The Morgan fingerprint density at radius 1 is 1.10 bits per heavy atom. The molecule has 2 aromatic rings. The molecule has 1 aliphatic heterocycles. The minimum atomic E-state index is -0.313.